The van der Waals surface area contributed by atoms with Gasteiger partial charge in [0, 0.05) is 6.42 Å². The Bertz CT molecular complexity index is 402. The summed E-state index contributed by atoms with van der Waals surface area (Å²) in [6.07, 6.45) is 11.3. The first-order chi connectivity index (χ1) is 10.8. The van der Waals surface area contributed by atoms with Crippen LogP contribution in [0.4, 0.5) is 0 Å². The monoisotopic (exact) mass is 374 g/mol. The first-order valence-electron chi connectivity index (χ1n) is 8.92. The smallest absolute Gasteiger partial charge is 1.00 e. The van der Waals surface area contributed by atoms with Gasteiger partial charge < -0.3 is 6.16 Å². The van der Waals surface area contributed by atoms with Crippen molar-refractivity contribution in [1.29, 1.82) is 0 Å². The van der Waals surface area contributed by atoms with Gasteiger partial charge in [0.2, 0.25) is 0 Å². The topological polar surface area (TPSA) is 80.7 Å². The third-order valence-electron chi connectivity index (χ3n) is 3.72. The van der Waals surface area contributed by atoms with Crippen molar-refractivity contribution in [3.05, 3.63) is 0 Å². The fourth-order valence-corrected chi connectivity index (χ4v) is 2.86. The van der Waals surface area contributed by atoms with Crippen molar-refractivity contribution in [2.45, 2.75) is 84.5 Å². The molecule has 0 aromatic carbocycles. The van der Waals surface area contributed by atoms with Crippen LogP contribution in [-0.2, 0) is 19.6 Å². The van der Waals surface area contributed by atoms with Gasteiger partial charge in [-0.2, -0.15) is 8.42 Å². The summed E-state index contributed by atoms with van der Waals surface area (Å²) in [5.41, 5.74) is 0. The summed E-state index contributed by atoms with van der Waals surface area (Å²) in [7, 11) is -3.95. The number of ether oxygens (including phenoxy) is 1. The zero-order valence-corrected chi connectivity index (χ0v) is 18.6. The van der Waals surface area contributed by atoms with Crippen LogP contribution in [-0.4, -0.2) is 31.3 Å². The summed E-state index contributed by atoms with van der Waals surface area (Å²) >= 11 is 0. The molecule has 5 nitrogen and oxygen atoms in total. The van der Waals surface area contributed by atoms with Crippen molar-refractivity contribution >= 4 is 16.1 Å². The molecule has 0 aromatic heterocycles. The Balaban J connectivity index is -0.00000242. The molecule has 0 saturated heterocycles. The Morgan fingerprint density at radius 3 is 1.96 bits per heavy atom. The summed E-state index contributed by atoms with van der Waals surface area (Å²) in [5.74, 6) is 0.161. The van der Waals surface area contributed by atoms with Gasteiger partial charge in [-0.15, -0.1) is 0 Å². The van der Waals surface area contributed by atoms with E-state index in [0.29, 0.717) is 6.42 Å². The first-order valence-corrected chi connectivity index (χ1v) is 10.5. The van der Waals surface area contributed by atoms with Crippen molar-refractivity contribution in [1.82, 2.24) is 0 Å². The second kappa shape index (κ2) is 16.8. The average molecular weight is 375 g/mol. The van der Waals surface area contributed by atoms with E-state index >= 15 is 0 Å². The van der Waals surface area contributed by atoms with E-state index in [1.54, 1.807) is 0 Å². The average Bonchev–Trinajstić information content (AvgIpc) is 2.44. The summed E-state index contributed by atoms with van der Waals surface area (Å²) in [5, 5.41) is 0. The molecule has 0 saturated carbocycles. The van der Waals surface area contributed by atoms with Gasteiger partial charge in [-0.1, -0.05) is 65.2 Å². The number of carbonyl (C=O) groups excluding carboxylic acids is 1. The Morgan fingerprint density at radius 2 is 1.46 bits per heavy atom. The van der Waals surface area contributed by atoms with Gasteiger partial charge in [0.25, 0.3) is 10.1 Å². The molecule has 0 aliphatic rings. The predicted molar refractivity (Wildman–Crippen MR) is 94.1 cm³/mol. The second-order valence-corrected chi connectivity index (χ2v) is 8.19. The summed E-state index contributed by atoms with van der Waals surface area (Å²) in [6.45, 7) is 4.58. The molecule has 7 heteroatoms. The van der Waals surface area contributed by atoms with Gasteiger partial charge in [-0.05, 0) is 18.8 Å². The Morgan fingerprint density at radius 1 is 0.958 bits per heavy atom. The number of rotatable bonds is 15. The molecule has 140 valence electrons. The molecule has 0 aliphatic carbocycles. The molecule has 0 unspecified atom stereocenters. The van der Waals surface area contributed by atoms with E-state index in [9.17, 15) is 13.2 Å². The van der Waals surface area contributed by atoms with E-state index in [4.69, 9.17) is 9.29 Å². The Kier molecular flexibility index (Phi) is 18.7. The molecule has 0 heterocycles. The van der Waals surface area contributed by atoms with E-state index in [2.05, 4.69) is 13.8 Å². The van der Waals surface area contributed by atoms with Crippen LogP contribution in [0.1, 0.15) is 85.9 Å². The Labute approximate surface area is 171 Å². The number of carbonyl (C=O) groups is 1. The minimum atomic E-state index is -3.95. The van der Waals surface area contributed by atoms with Crippen molar-refractivity contribution in [3.8, 4) is 0 Å². The predicted octanol–water partition coefficient (Wildman–Crippen LogP) is 1.48. The number of esters is 1. The first kappa shape index (κ1) is 26.6. The van der Waals surface area contributed by atoms with Crippen LogP contribution < -0.4 is 29.6 Å². The molecule has 0 spiro atoms. The molecule has 0 fully saturated rings. The minimum Gasteiger partial charge on any atom is -1.00 e. The molecule has 0 amide bonds. The summed E-state index contributed by atoms with van der Waals surface area (Å²) in [4.78, 5) is 11.4. The van der Waals surface area contributed by atoms with Crippen molar-refractivity contribution < 1.29 is 53.5 Å². The third kappa shape index (κ3) is 22.4. The quantitative estimate of drug-likeness (QED) is 0.203. The third-order valence-corrected chi connectivity index (χ3v) is 4.53. The molecular formula is C17H35NaO5S. The van der Waals surface area contributed by atoms with E-state index in [1.807, 2.05) is 0 Å². The van der Waals surface area contributed by atoms with Gasteiger partial charge in [0.1, 0.15) is 0 Å². The molecular weight excluding hydrogens is 339 g/mol. The van der Waals surface area contributed by atoms with Crippen molar-refractivity contribution in [3.63, 3.8) is 0 Å². The van der Waals surface area contributed by atoms with Gasteiger partial charge in [0.15, 0.2) is 0 Å². The van der Waals surface area contributed by atoms with Crippen LogP contribution in [0.25, 0.3) is 0 Å². The maximum Gasteiger partial charge on any atom is 1.00 e. The standard InChI is InChI=1S/C17H34O5S.Na.H/c1-16(2)12-9-7-5-3-4-6-8-10-13-17(18)22-14-11-15-23(19,20)21;;/h16H,3-15H2,1-2H3,(H,19,20,21);;/q;+1;-1. The fraction of sp³-hybridized carbons (Fsp3) is 0.941. The molecule has 0 bridgehead atoms. The second-order valence-electron chi connectivity index (χ2n) is 6.62. The maximum atomic E-state index is 11.4. The summed E-state index contributed by atoms with van der Waals surface area (Å²) in [6, 6.07) is 0. The summed E-state index contributed by atoms with van der Waals surface area (Å²) < 4.78 is 34.4. The van der Waals surface area contributed by atoms with E-state index in [-0.39, 0.29) is 55.7 Å². The van der Waals surface area contributed by atoms with Gasteiger partial charge in [-0.25, -0.2) is 0 Å². The van der Waals surface area contributed by atoms with Crippen molar-refractivity contribution in [2.24, 2.45) is 5.92 Å². The van der Waals surface area contributed by atoms with Crippen LogP contribution in [0, 0.1) is 5.92 Å². The zero-order valence-electron chi connectivity index (χ0n) is 16.8. The van der Waals surface area contributed by atoms with Crippen LogP contribution >= 0.6 is 0 Å². The van der Waals surface area contributed by atoms with Crippen LogP contribution in [0.5, 0.6) is 0 Å². The van der Waals surface area contributed by atoms with Crippen LogP contribution in [0.2, 0.25) is 0 Å². The van der Waals surface area contributed by atoms with Crippen molar-refractivity contribution in [2.75, 3.05) is 12.4 Å². The maximum absolute atomic E-state index is 11.4. The van der Waals surface area contributed by atoms with Crippen LogP contribution in [0.3, 0.4) is 0 Å². The van der Waals surface area contributed by atoms with Gasteiger partial charge >= 0.3 is 35.5 Å². The molecule has 0 radical (unpaired) electrons. The number of hydrogen-bond donors (Lipinski definition) is 1. The molecule has 24 heavy (non-hydrogen) atoms. The van der Waals surface area contributed by atoms with Gasteiger partial charge in [0.05, 0.1) is 12.4 Å². The van der Waals surface area contributed by atoms with E-state index in [1.165, 1.54) is 38.5 Å². The normalized spacial score (nSPS) is 11.3. The zero-order chi connectivity index (χ0) is 17.6. The molecule has 0 aromatic rings. The number of unbranched alkanes of at least 4 members (excludes halogenated alkanes) is 7. The number of hydrogen-bond acceptors (Lipinski definition) is 4. The molecule has 0 aliphatic heterocycles. The Hall–Kier alpha value is 0.380. The molecule has 1 N–H and O–H groups in total. The van der Waals surface area contributed by atoms with Gasteiger partial charge in [-0.3, -0.25) is 9.35 Å². The minimum absolute atomic E-state index is 0. The molecule has 0 rings (SSSR count). The molecule has 0 atom stereocenters. The van der Waals surface area contributed by atoms with E-state index in [0.717, 1.165) is 25.2 Å². The van der Waals surface area contributed by atoms with Crippen LogP contribution in [0.15, 0.2) is 0 Å². The largest absolute Gasteiger partial charge is 1.00 e. The fourth-order valence-electron chi connectivity index (χ4n) is 2.38. The SMILES string of the molecule is CC(C)CCCCCCCCCCC(=O)OCCCS(=O)(=O)O.[H-].[Na+]. The van der Waals surface area contributed by atoms with E-state index < -0.39 is 10.1 Å².